The molecule has 7 heteroatoms. The molecule has 0 saturated carbocycles. The summed E-state index contributed by atoms with van der Waals surface area (Å²) in [5, 5.41) is 0. The van der Waals surface area contributed by atoms with Crippen molar-refractivity contribution >= 4 is 17.8 Å². The Balaban J connectivity index is 1.51. The van der Waals surface area contributed by atoms with Crippen LogP contribution in [0.3, 0.4) is 0 Å². The molecule has 2 aromatic carbocycles. The zero-order valence-electron chi connectivity index (χ0n) is 18.7. The predicted octanol–water partition coefficient (Wildman–Crippen LogP) is 3.14. The van der Waals surface area contributed by atoms with Crippen molar-refractivity contribution in [1.29, 1.82) is 0 Å². The number of esters is 1. The Hall–Kier alpha value is -3.35. The Labute approximate surface area is 188 Å². The lowest BCUT2D eigenvalue weighted by Gasteiger charge is -2.32. The van der Waals surface area contributed by atoms with Crippen molar-refractivity contribution in [1.82, 2.24) is 9.80 Å². The third-order valence-corrected chi connectivity index (χ3v) is 5.46. The van der Waals surface area contributed by atoms with Crippen molar-refractivity contribution in [3.05, 3.63) is 65.7 Å². The molecule has 0 aromatic heterocycles. The number of para-hydroxylation sites is 1. The molecule has 7 nitrogen and oxygen atoms in total. The summed E-state index contributed by atoms with van der Waals surface area (Å²) >= 11 is 0. The van der Waals surface area contributed by atoms with E-state index >= 15 is 0 Å². The fourth-order valence-corrected chi connectivity index (χ4v) is 3.68. The van der Waals surface area contributed by atoms with E-state index < -0.39 is 0 Å². The largest absolute Gasteiger partial charge is 0.489 e. The zero-order valence-corrected chi connectivity index (χ0v) is 18.7. The highest BCUT2D eigenvalue weighted by Crippen LogP contribution is 2.18. The van der Waals surface area contributed by atoms with Gasteiger partial charge < -0.3 is 19.3 Å². The lowest BCUT2D eigenvalue weighted by atomic mass is 9.98. The number of likely N-dealkylation sites (N-methyl/N-ethyl adjacent to an activating group) is 1. The molecule has 0 spiro atoms. The predicted molar refractivity (Wildman–Crippen MR) is 120 cm³/mol. The van der Waals surface area contributed by atoms with Crippen molar-refractivity contribution in [2.45, 2.75) is 26.4 Å². The number of amides is 2. The molecule has 1 heterocycles. The first-order valence-corrected chi connectivity index (χ1v) is 10.9. The Morgan fingerprint density at radius 3 is 2.47 bits per heavy atom. The maximum absolute atomic E-state index is 12.8. The molecule has 1 aliphatic heterocycles. The van der Waals surface area contributed by atoms with Crippen LogP contribution in [0.5, 0.6) is 5.75 Å². The molecule has 170 valence electrons. The fraction of sp³-hybridized carbons (Fsp3) is 0.400. The molecule has 1 atom stereocenters. The van der Waals surface area contributed by atoms with Crippen LogP contribution in [0, 0.1) is 5.92 Å². The Morgan fingerprint density at radius 2 is 1.78 bits per heavy atom. The summed E-state index contributed by atoms with van der Waals surface area (Å²) in [6, 6.07) is 16.7. The average Bonchev–Trinajstić information content (AvgIpc) is 2.83. The van der Waals surface area contributed by atoms with Gasteiger partial charge in [0.25, 0.3) is 5.91 Å². The van der Waals surface area contributed by atoms with Crippen LogP contribution in [0.2, 0.25) is 0 Å². The number of nitrogens with zero attached hydrogens (tertiary/aromatic N) is 2. The van der Waals surface area contributed by atoms with Gasteiger partial charge in [0.2, 0.25) is 5.91 Å². The second-order valence-electron chi connectivity index (χ2n) is 7.89. The van der Waals surface area contributed by atoms with Gasteiger partial charge in [-0.25, -0.2) is 0 Å². The highest BCUT2D eigenvalue weighted by molar-refractivity contribution is 5.96. The molecule has 0 N–H and O–H groups in total. The Morgan fingerprint density at radius 1 is 1.06 bits per heavy atom. The monoisotopic (exact) mass is 438 g/mol. The second-order valence-corrected chi connectivity index (χ2v) is 7.89. The van der Waals surface area contributed by atoms with Crippen molar-refractivity contribution < 1.29 is 23.9 Å². The Bertz CT molecular complexity index is 914. The first kappa shape index (κ1) is 23.3. The maximum atomic E-state index is 12.8. The molecule has 3 rings (SSSR count). The number of hydrogen-bond donors (Lipinski definition) is 0. The van der Waals surface area contributed by atoms with Crippen LogP contribution in [0.15, 0.2) is 54.6 Å². The van der Waals surface area contributed by atoms with Crippen molar-refractivity contribution in [3.63, 3.8) is 0 Å². The van der Waals surface area contributed by atoms with Crippen LogP contribution in [-0.4, -0.2) is 60.9 Å². The number of benzene rings is 2. The summed E-state index contributed by atoms with van der Waals surface area (Å²) < 4.78 is 10.8. The van der Waals surface area contributed by atoms with Gasteiger partial charge in [0, 0.05) is 25.7 Å². The first-order valence-electron chi connectivity index (χ1n) is 10.9. The number of piperidine rings is 1. The molecular weight excluding hydrogens is 408 g/mol. The highest BCUT2D eigenvalue weighted by atomic mass is 16.5. The van der Waals surface area contributed by atoms with Gasteiger partial charge in [-0.15, -0.1) is 0 Å². The van der Waals surface area contributed by atoms with Crippen LogP contribution in [0.1, 0.15) is 35.7 Å². The molecule has 1 fully saturated rings. The zero-order chi connectivity index (χ0) is 22.9. The number of carbonyl (C=O) groups excluding carboxylic acids is 3. The SMILES string of the molecule is CCOC(=O)C1CCCN(C(=O)CN(C)C(=O)c2ccc(COc3ccccc3)cc2)C1. The quantitative estimate of drug-likeness (QED) is 0.592. The summed E-state index contributed by atoms with van der Waals surface area (Å²) in [4.78, 5) is 40.5. The van der Waals surface area contributed by atoms with Crippen LogP contribution in [0.25, 0.3) is 0 Å². The van der Waals surface area contributed by atoms with Crippen molar-refractivity contribution in [3.8, 4) is 5.75 Å². The molecular formula is C25H30N2O5. The standard InChI is InChI=1S/C25H30N2O5/c1-3-31-25(30)21-8-7-15-27(16-21)23(28)17-26(2)24(29)20-13-11-19(12-14-20)18-32-22-9-5-4-6-10-22/h4-6,9-14,21H,3,7-8,15-18H2,1-2H3. The summed E-state index contributed by atoms with van der Waals surface area (Å²) in [7, 11) is 1.61. The maximum Gasteiger partial charge on any atom is 0.310 e. The summed E-state index contributed by atoms with van der Waals surface area (Å²) in [6.07, 6.45) is 1.47. The van der Waals surface area contributed by atoms with Crippen LogP contribution >= 0.6 is 0 Å². The summed E-state index contributed by atoms with van der Waals surface area (Å²) in [5.41, 5.74) is 1.45. The first-order chi connectivity index (χ1) is 15.5. The number of rotatable bonds is 8. The molecule has 0 aliphatic carbocycles. The minimum atomic E-state index is -0.292. The van der Waals surface area contributed by atoms with Crippen LogP contribution < -0.4 is 4.74 Å². The van der Waals surface area contributed by atoms with E-state index in [1.165, 1.54) is 4.90 Å². The normalized spacial score (nSPS) is 15.7. The summed E-state index contributed by atoms with van der Waals surface area (Å²) in [6.45, 7) is 3.41. The smallest absolute Gasteiger partial charge is 0.310 e. The lowest BCUT2D eigenvalue weighted by molar-refractivity contribution is -0.151. The van der Waals surface area contributed by atoms with E-state index in [0.29, 0.717) is 31.9 Å². The van der Waals surface area contributed by atoms with Gasteiger partial charge in [-0.2, -0.15) is 0 Å². The topological polar surface area (TPSA) is 76.2 Å². The fourth-order valence-electron chi connectivity index (χ4n) is 3.68. The van der Waals surface area contributed by atoms with Gasteiger partial charge in [-0.05, 0) is 49.6 Å². The van der Waals surface area contributed by atoms with E-state index in [1.807, 2.05) is 42.5 Å². The van der Waals surface area contributed by atoms with Gasteiger partial charge in [-0.1, -0.05) is 30.3 Å². The molecule has 32 heavy (non-hydrogen) atoms. The molecule has 2 aromatic rings. The average molecular weight is 439 g/mol. The van der Waals surface area contributed by atoms with Crippen molar-refractivity contribution in [2.75, 3.05) is 33.3 Å². The van der Waals surface area contributed by atoms with Crippen LogP contribution in [0.4, 0.5) is 0 Å². The van der Waals surface area contributed by atoms with E-state index in [-0.39, 0.29) is 30.2 Å². The van der Waals surface area contributed by atoms with Crippen LogP contribution in [-0.2, 0) is 20.9 Å². The lowest BCUT2D eigenvalue weighted by Crippen LogP contribution is -2.47. The van der Waals surface area contributed by atoms with Gasteiger partial charge >= 0.3 is 5.97 Å². The minimum absolute atomic E-state index is 0.0345. The number of hydrogen-bond acceptors (Lipinski definition) is 5. The second kappa shape index (κ2) is 11.3. The number of carbonyl (C=O) groups is 3. The summed E-state index contributed by atoms with van der Waals surface area (Å²) in [5.74, 6) is -0.158. The van der Waals surface area contributed by atoms with Gasteiger partial charge in [0.05, 0.1) is 19.1 Å². The third-order valence-electron chi connectivity index (χ3n) is 5.46. The van der Waals surface area contributed by atoms with E-state index in [4.69, 9.17) is 9.47 Å². The molecule has 0 radical (unpaired) electrons. The number of likely N-dealkylation sites (tertiary alicyclic amines) is 1. The molecule has 0 bridgehead atoms. The third kappa shape index (κ3) is 6.33. The van der Waals surface area contributed by atoms with Crippen molar-refractivity contribution in [2.24, 2.45) is 5.92 Å². The molecule has 1 saturated heterocycles. The van der Waals surface area contributed by atoms with E-state index in [0.717, 1.165) is 24.2 Å². The minimum Gasteiger partial charge on any atom is -0.489 e. The van der Waals surface area contributed by atoms with E-state index in [1.54, 1.807) is 31.0 Å². The Kier molecular flexibility index (Phi) is 8.25. The molecule has 1 aliphatic rings. The van der Waals surface area contributed by atoms with E-state index in [2.05, 4.69) is 0 Å². The van der Waals surface area contributed by atoms with Gasteiger partial charge in [0.15, 0.2) is 0 Å². The molecule has 2 amide bonds. The van der Waals surface area contributed by atoms with E-state index in [9.17, 15) is 14.4 Å². The molecule has 1 unspecified atom stereocenters. The highest BCUT2D eigenvalue weighted by Gasteiger charge is 2.30. The van der Waals surface area contributed by atoms with Gasteiger partial charge in [-0.3, -0.25) is 14.4 Å². The van der Waals surface area contributed by atoms with Gasteiger partial charge in [0.1, 0.15) is 12.4 Å². The number of ether oxygens (including phenoxy) is 2.